The number of phenols is 3. The summed E-state index contributed by atoms with van der Waals surface area (Å²) in [5.74, 6) is -4.31. The predicted molar refractivity (Wildman–Crippen MR) is 135 cm³/mol. The smallest absolute Gasteiger partial charge is 0.338 e. The van der Waals surface area contributed by atoms with Crippen LogP contribution < -0.4 is 4.74 Å². The number of carbonyl (C=O) groups excluding carboxylic acids is 2. The van der Waals surface area contributed by atoms with E-state index in [4.69, 9.17) is 23.7 Å². The molecule has 5 fully saturated rings. The van der Waals surface area contributed by atoms with E-state index in [9.17, 15) is 45.3 Å². The molecule has 0 radical (unpaired) electrons. The Bertz CT molecular complexity index is 1340. The molecule has 2 heterocycles. The average molecular weight is 591 g/mol. The van der Waals surface area contributed by atoms with E-state index in [1.54, 1.807) is 30.3 Å². The minimum atomic E-state index is -1.78. The van der Waals surface area contributed by atoms with Gasteiger partial charge in [-0.25, -0.2) is 4.79 Å². The Morgan fingerprint density at radius 1 is 0.976 bits per heavy atom. The lowest BCUT2D eigenvalue weighted by Crippen LogP contribution is -2.77. The largest absolute Gasteiger partial charge is 0.504 e. The first-order chi connectivity index (χ1) is 20.0. The van der Waals surface area contributed by atoms with Crippen molar-refractivity contribution in [2.24, 2.45) is 11.3 Å². The molecule has 10 atom stereocenters. The molecule has 0 aromatic heterocycles. The summed E-state index contributed by atoms with van der Waals surface area (Å²) < 4.78 is 28.6. The van der Waals surface area contributed by atoms with Crippen molar-refractivity contribution in [2.75, 3.05) is 13.2 Å². The Balaban J connectivity index is 1.22. The van der Waals surface area contributed by atoms with Crippen molar-refractivity contribution in [2.45, 2.75) is 61.4 Å². The minimum absolute atomic E-state index is 0.0269. The highest BCUT2D eigenvalue weighted by atomic mass is 16.7. The Morgan fingerprint density at radius 2 is 1.67 bits per heavy atom. The van der Waals surface area contributed by atoms with E-state index in [2.05, 4.69) is 0 Å². The zero-order valence-corrected chi connectivity index (χ0v) is 22.0. The van der Waals surface area contributed by atoms with E-state index in [0.29, 0.717) is 0 Å². The van der Waals surface area contributed by atoms with E-state index < -0.39 is 102 Å². The van der Waals surface area contributed by atoms with E-state index in [1.807, 2.05) is 0 Å². The summed E-state index contributed by atoms with van der Waals surface area (Å²) in [4.78, 5) is 26.0. The second kappa shape index (κ2) is 10.3. The Morgan fingerprint density at radius 3 is 2.36 bits per heavy atom. The first-order valence-electron chi connectivity index (χ1n) is 13.3. The Labute approximate surface area is 238 Å². The van der Waals surface area contributed by atoms with E-state index >= 15 is 0 Å². The third-order valence-corrected chi connectivity index (χ3v) is 8.86. The van der Waals surface area contributed by atoms with Gasteiger partial charge in [-0.1, -0.05) is 18.2 Å². The molecule has 7 N–H and O–H groups in total. The van der Waals surface area contributed by atoms with Crippen LogP contribution >= 0.6 is 0 Å². The van der Waals surface area contributed by atoms with Crippen LogP contribution in [-0.4, -0.2) is 109 Å². The molecule has 0 amide bonds. The maximum Gasteiger partial charge on any atom is 0.338 e. The maximum atomic E-state index is 13.3. The van der Waals surface area contributed by atoms with Crippen molar-refractivity contribution < 1.29 is 69.0 Å². The highest BCUT2D eigenvalue weighted by Crippen LogP contribution is 2.69. The van der Waals surface area contributed by atoms with Gasteiger partial charge in [0.25, 0.3) is 0 Å². The summed E-state index contributed by atoms with van der Waals surface area (Å²) in [6, 6.07) is 10.1. The summed E-state index contributed by atoms with van der Waals surface area (Å²) in [5.41, 5.74) is -2.85. The number of aliphatic hydroxyl groups excluding tert-OH is 4. The summed E-state index contributed by atoms with van der Waals surface area (Å²) in [5, 5.41) is 71.6. The monoisotopic (exact) mass is 590 g/mol. The topological polar surface area (TPSA) is 222 Å². The molecule has 3 saturated carbocycles. The molecule has 2 aromatic rings. The lowest BCUT2D eigenvalue weighted by Gasteiger charge is -2.63. The van der Waals surface area contributed by atoms with Crippen LogP contribution in [0.15, 0.2) is 42.5 Å². The summed E-state index contributed by atoms with van der Waals surface area (Å²) in [6.45, 7) is -0.937. The summed E-state index contributed by atoms with van der Waals surface area (Å²) in [7, 11) is 0. The summed E-state index contributed by atoms with van der Waals surface area (Å²) >= 11 is 0. The van der Waals surface area contributed by atoms with Crippen LogP contribution in [-0.2, 0) is 23.7 Å². The Hall–Kier alpha value is -3.66. The van der Waals surface area contributed by atoms with Crippen molar-refractivity contribution in [1.29, 1.82) is 0 Å². The van der Waals surface area contributed by atoms with Gasteiger partial charge in [-0.05, 0) is 18.6 Å². The van der Waals surface area contributed by atoms with Gasteiger partial charge in [0, 0.05) is 24.5 Å². The van der Waals surface area contributed by atoms with Gasteiger partial charge in [-0.15, -0.1) is 0 Å². The van der Waals surface area contributed by atoms with Gasteiger partial charge in [0.1, 0.15) is 60.5 Å². The van der Waals surface area contributed by atoms with Gasteiger partial charge in [-0.3, -0.25) is 4.79 Å². The van der Waals surface area contributed by atoms with E-state index in [-0.39, 0.29) is 24.2 Å². The molecule has 14 heteroatoms. The highest BCUT2D eigenvalue weighted by Gasteiger charge is 2.84. The van der Waals surface area contributed by atoms with Gasteiger partial charge < -0.3 is 59.4 Å². The number of benzene rings is 2. The SMILES string of the molecule is O=C(OC[C@]12C(=O)O[C@@H]3C[C@@H](O)[C@H]1C[C@@]32O[C@@H]1O[C@H](COc2cc(O)c(O)c(O)c2)[C@@H](O)[C@H](O)[C@H]1O)c1ccccc1. The highest BCUT2D eigenvalue weighted by molar-refractivity contribution is 5.90. The molecule has 7 rings (SSSR count). The number of phenolic OH excluding ortho intramolecular Hbond substituents is 3. The first kappa shape index (κ1) is 28.5. The normalized spacial score (nSPS) is 38.3. The molecular weight excluding hydrogens is 560 g/mol. The first-order valence-corrected chi connectivity index (χ1v) is 13.3. The molecule has 5 aliphatic rings. The van der Waals surface area contributed by atoms with Gasteiger partial charge in [0.05, 0.1) is 11.7 Å². The molecule has 2 saturated heterocycles. The second-order valence-electron chi connectivity index (χ2n) is 11.1. The number of ether oxygens (including phenoxy) is 5. The molecule has 0 unspecified atom stereocenters. The molecule has 14 nitrogen and oxygen atoms in total. The van der Waals surface area contributed by atoms with E-state index in [0.717, 1.165) is 12.1 Å². The van der Waals surface area contributed by atoms with Crippen LogP contribution in [0.3, 0.4) is 0 Å². The van der Waals surface area contributed by atoms with Crippen LogP contribution in [0.4, 0.5) is 0 Å². The standard InChI is InChI=1S/C28H30O14/c29-15-8-19-28(9-14(15)27(28,26(37)41-19)11-39-24(36)12-4-2-1-3-5-12)42-25-23(35)22(34)21(33)18(40-25)10-38-13-6-16(30)20(32)17(31)7-13/h1-7,14-15,18-19,21-23,25,29-35H,8-11H2/t14-,15-,18-,19-,21-,22+,23-,25+,27-,28-/m1/s1. The van der Waals surface area contributed by atoms with Gasteiger partial charge in [0.2, 0.25) is 5.75 Å². The fraction of sp³-hybridized carbons (Fsp3) is 0.500. The number of hydrogen-bond donors (Lipinski definition) is 7. The number of rotatable bonds is 8. The van der Waals surface area contributed by atoms with E-state index in [1.165, 1.54) is 0 Å². The quantitative estimate of drug-likeness (QED) is 0.149. The lowest BCUT2D eigenvalue weighted by molar-refractivity contribution is -0.380. The number of esters is 2. The maximum absolute atomic E-state index is 13.3. The lowest BCUT2D eigenvalue weighted by atomic mass is 9.44. The van der Waals surface area contributed by atoms with Gasteiger partial charge >= 0.3 is 11.9 Å². The fourth-order valence-electron chi connectivity index (χ4n) is 6.58. The molecule has 3 aliphatic carbocycles. The number of carbonyl (C=O) groups is 2. The molecule has 42 heavy (non-hydrogen) atoms. The molecule has 0 spiro atoms. The number of fused-ring (bicyclic) bond motifs is 1. The molecule has 2 aromatic carbocycles. The average Bonchev–Trinajstić information content (AvgIpc) is 3.06. The number of aliphatic hydroxyl groups is 4. The van der Waals surface area contributed by atoms with Crippen LogP contribution in [0.2, 0.25) is 0 Å². The van der Waals surface area contributed by atoms with Crippen molar-refractivity contribution in [3.63, 3.8) is 0 Å². The van der Waals surface area contributed by atoms with Crippen molar-refractivity contribution >= 4 is 11.9 Å². The fourth-order valence-corrected chi connectivity index (χ4v) is 6.58. The predicted octanol–water partition coefficient (Wildman–Crippen LogP) is -0.702. The zero-order valence-electron chi connectivity index (χ0n) is 22.0. The third-order valence-electron chi connectivity index (χ3n) is 8.86. The molecule has 4 bridgehead atoms. The van der Waals surface area contributed by atoms with Crippen molar-refractivity contribution in [1.82, 2.24) is 0 Å². The van der Waals surface area contributed by atoms with Crippen molar-refractivity contribution in [3.05, 3.63) is 48.0 Å². The molecule has 226 valence electrons. The second-order valence-corrected chi connectivity index (χ2v) is 11.1. The number of aromatic hydroxyl groups is 3. The Kier molecular flexibility index (Phi) is 6.95. The number of hydrogen-bond acceptors (Lipinski definition) is 14. The van der Waals surface area contributed by atoms with Crippen LogP contribution in [0.5, 0.6) is 23.0 Å². The molecule has 2 aliphatic heterocycles. The van der Waals surface area contributed by atoms with Crippen LogP contribution in [0.1, 0.15) is 23.2 Å². The zero-order chi connectivity index (χ0) is 30.0. The summed E-state index contributed by atoms with van der Waals surface area (Å²) in [6.07, 6.45) is -9.94. The minimum Gasteiger partial charge on any atom is -0.504 e. The van der Waals surface area contributed by atoms with Crippen LogP contribution in [0.25, 0.3) is 0 Å². The van der Waals surface area contributed by atoms with Crippen LogP contribution in [0, 0.1) is 11.3 Å². The van der Waals surface area contributed by atoms with Gasteiger partial charge in [-0.2, -0.15) is 0 Å². The van der Waals surface area contributed by atoms with Gasteiger partial charge in [0.15, 0.2) is 17.8 Å². The molecular formula is C28H30O14. The van der Waals surface area contributed by atoms with Crippen molar-refractivity contribution in [3.8, 4) is 23.0 Å². The third kappa shape index (κ3) is 4.17.